The van der Waals surface area contributed by atoms with Gasteiger partial charge in [-0.15, -0.1) is 11.3 Å². The highest BCUT2D eigenvalue weighted by molar-refractivity contribution is 7.14. The van der Waals surface area contributed by atoms with Crippen molar-refractivity contribution in [2.24, 2.45) is 0 Å². The zero-order valence-electron chi connectivity index (χ0n) is 6.76. The fourth-order valence-corrected chi connectivity index (χ4v) is 1.51. The number of rotatable bonds is 1. The van der Waals surface area contributed by atoms with E-state index >= 15 is 0 Å². The summed E-state index contributed by atoms with van der Waals surface area (Å²) in [6, 6.07) is 1.53. The maximum Gasteiger partial charge on any atom is 0.270 e. The van der Waals surface area contributed by atoms with Crippen molar-refractivity contribution < 1.29 is 9.59 Å². The molecule has 1 rings (SSSR count). The predicted octanol–water partition coefficient (Wildman–Crippen LogP) is 1.18. The van der Waals surface area contributed by atoms with Crippen LogP contribution in [0.3, 0.4) is 0 Å². The summed E-state index contributed by atoms with van der Waals surface area (Å²) in [5.74, 6) is -0.701. The van der Waals surface area contributed by atoms with Gasteiger partial charge in [0.15, 0.2) is 0 Å². The average Bonchev–Trinajstić information content (AvgIpc) is 2.47. The molecule has 6 heteroatoms. The number of hydrazine groups is 1. The van der Waals surface area contributed by atoms with Crippen molar-refractivity contribution in [3.63, 3.8) is 0 Å². The lowest BCUT2D eigenvalue weighted by molar-refractivity contribution is -0.119. The topological polar surface area (TPSA) is 58.2 Å². The third-order valence-electron chi connectivity index (χ3n) is 1.18. The molecule has 0 saturated heterocycles. The van der Waals surface area contributed by atoms with Crippen LogP contribution in [-0.4, -0.2) is 11.8 Å². The first kappa shape index (κ1) is 10.0. The minimum absolute atomic E-state index is 0.324. The Bertz CT molecular complexity index is 337. The molecule has 0 aliphatic rings. The second-order valence-electron chi connectivity index (χ2n) is 2.27. The Morgan fingerprint density at radius 3 is 2.62 bits per heavy atom. The van der Waals surface area contributed by atoms with Crippen LogP contribution in [0.5, 0.6) is 0 Å². The summed E-state index contributed by atoms with van der Waals surface area (Å²) < 4.78 is 0.535. The van der Waals surface area contributed by atoms with E-state index in [1.165, 1.54) is 24.3 Å². The van der Waals surface area contributed by atoms with Crippen molar-refractivity contribution in [2.75, 3.05) is 0 Å². The number of hydrogen-bond acceptors (Lipinski definition) is 3. The number of amides is 2. The largest absolute Gasteiger partial charge is 0.274 e. The summed E-state index contributed by atoms with van der Waals surface area (Å²) in [4.78, 5) is 21.6. The summed E-state index contributed by atoms with van der Waals surface area (Å²) in [6.45, 7) is 1.31. The van der Waals surface area contributed by atoms with Gasteiger partial charge in [0, 0.05) is 12.3 Å². The molecule has 0 bridgehead atoms. The van der Waals surface area contributed by atoms with Crippen molar-refractivity contribution in [3.05, 3.63) is 21.3 Å². The molecule has 0 fully saturated rings. The predicted molar refractivity (Wildman–Crippen MR) is 50.6 cm³/mol. The molecule has 0 aliphatic heterocycles. The number of carbonyl (C=O) groups excluding carboxylic acids is 2. The number of thiophene rings is 1. The standard InChI is InChI=1S/C7H7ClN2O2S/c1-4(11)9-10-7(12)5-2-6(8)13-3-5/h2-3H,1H3,(H,9,11)(H,10,12). The SMILES string of the molecule is CC(=O)NNC(=O)c1csc(Cl)c1. The van der Waals surface area contributed by atoms with Crippen LogP contribution in [0.25, 0.3) is 0 Å². The van der Waals surface area contributed by atoms with Crippen molar-refractivity contribution in [1.29, 1.82) is 0 Å². The van der Waals surface area contributed by atoms with E-state index in [1.807, 2.05) is 0 Å². The number of carbonyl (C=O) groups is 2. The maximum atomic E-state index is 11.2. The molecular formula is C7H7ClN2O2S. The van der Waals surface area contributed by atoms with E-state index in [0.29, 0.717) is 9.90 Å². The van der Waals surface area contributed by atoms with Crippen molar-refractivity contribution in [2.45, 2.75) is 6.92 Å². The molecular weight excluding hydrogens is 212 g/mol. The van der Waals surface area contributed by atoms with Crippen LogP contribution in [0.4, 0.5) is 0 Å². The van der Waals surface area contributed by atoms with Crippen LogP contribution in [0.1, 0.15) is 17.3 Å². The van der Waals surface area contributed by atoms with E-state index in [1.54, 1.807) is 5.38 Å². The van der Waals surface area contributed by atoms with Gasteiger partial charge < -0.3 is 0 Å². The molecule has 70 valence electrons. The first-order chi connectivity index (χ1) is 6.09. The third kappa shape index (κ3) is 3.04. The summed E-state index contributed by atoms with van der Waals surface area (Å²) >= 11 is 6.88. The molecule has 1 heterocycles. The second-order valence-corrected chi connectivity index (χ2v) is 3.82. The minimum atomic E-state index is -0.377. The van der Waals surface area contributed by atoms with Gasteiger partial charge >= 0.3 is 0 Å². The molecule has 2 N–H and O–H groups in total. The van der Waals surface area contributed by atoms with Gasteiger partial charge in [-0.1, -0.05) is 11.6 Å². The molecule has 0 saturated carbocycles. The lowest BCUT2D eigenvalue weighted by Gasteiger charge is -2.01. The normalized spacial score (nSPS) is 9.38. The Balaban J connectivity index is 2.54. The highest BCUT2D eigenvalue weighted by atomic mass is 35.5. The van der Waals surface area contributed by atoms with Crippen LogP contribution in [0, 0.1) is 0 Å². The van der Waals surface area contributed by atoms with Gasteiger partial charge in [0.2, 0.25) is 5.91 Å². The van der Waals surface area contributed by atoms with Gasteiger partial charge in [-0.2, -0.15) is 0 Å². The van der Waals surface area contributed by atoms with Gasteiger partial charge in [0.25, 0.3) is 5.91 Å². The average molecular weight is 219 g/mol. The fourth-order valence-electron chi connectivity index (χ4n) is 0.646. The summed E-state index contributed by atoms with van der Waals surface area (Å²) in [7, 11) is 0. The Morgan fingerprint density at radius 2 is 2.15 bits per heavy atom. The molecule has 0 radical (unpaired) electrons. The zero-order valence-corrected chi connectivity index (χ0v) is 8.33. The smallest absolute Gasteiger partial charge is 0.270 e. The van der Waals surface area contributed by atoms with E-state index in [4.69, 9.17) is 11.6 Å². The molecule has 2 amide bonds. The molecule has 0 unspecified atom stereocenters. The molecule has 0 spiro atoms. The minimum Gasteiger partial charge on any atom is -0.274 e. The third-order valence-corrected chi connectivity index (χ3v) is 2.27. The number of hydrogen-bond donors (Lipinski definition) is 2. The van der Waals surface area contributed by atoms with Crippen molar-refractivity contribution >= 4 is 34.8 Å². The lowest BCUT2D eigenvalue weighted by atomic mass is 10.3. The Kier molecular flexibility index (Phi) is 3.27. The highest BCUT2D eigenvalue weighted by Gasteiger charge is 2.07. The first-order valence-electron chi connectivity index (χ1n) is 3.40. The number of nitrogens with one attached hydrogen (secondary N) is 2. The van der Waals surface area contributed by atoms with E-state index < -0.39 is 0 Å². The Labute approximate surface area is 83.9 Å². The summed E-state index contributed by atoms with van der Waals surface area (Å²) in [5.41, 5.74) is 4.83. The van der Waals surface area contributed by atoms with Crippen LogP contribution in [-0.2, 0) is 4.79 Å². The molecule has 0 aliphatic carbocycles. The number of halogens is 1. The van der Waals surface area contributed by atoms with Gasteiger partial charge in [0.1, 0.15) is 0 Å². The Morgan fingerprint density at radius 1 is 1.46 bits per heavy atom. The van der Waals surface area contributed by atoms with Crippen LogP contribution < -0.4 is 10.9 Å². The van der Waals surface area contributed by atoms with Crippen molar-refractivity contribution in [3.8, 4) is 0 Å². The second kappa shape index (κ2) is 4.25. The highest BCUT2D eigenvalue weighted by Crippen LogP contribution is 2.19. The van der Waals surface area contributed by atoms with Gasteiger partial charge in [-0.25, -0.2) is 0 Å². The maximum absolute atomic E-state index is 11.2. The van der Waals surface area contributed by atoms with E-state index in [2.05, 4.69) is 10.9 Å². The molecule has 1 aromatic rings. The molecule has 0 aromatic carbocycles. The van der Waals surface area contributed by atoms with E-state index in [9.17, 15) is 9.59 Å². The van der Waals surface area contributed by atoms with Crippen LogP contribution in [0.2, 0.25) is 4.34 Å². The van der Waals surface area contributed by atoms with E-state index in [0.717, 1.165) is 0 Å². The molecule has 4 nitrogen and oxygen atoms in total. The molecule has 0 atom stereocenters. The van der Waals surface area contributed by atoms with Crippen molar-refractivity contribution in [1.82, 2.24) is 10.9 Å². The Hall–Kier alpha value is -1.07. The summed E-state index contributed by atoms with van der Waals surface area (Å²) in [6.07, 6.45) is 0. The van der Waals surface area contributed by atoms with Gasteiger partial charge in [0.05, 0.1) is 9.90 Å². The van der Waals surface area contributed by atoms with Gasteiger partial charge in [-0.3, -0.25) is 20.4 Å². The summed E-state index contributed by atoms with van der Waals surface area (Å²) in [5, 5.41) is 1.61. The monoisotopic (exact) mass is 218 g/mol. The first-order valence-corrected chi connectivity index (χ1v) is 4.66. The van der Waals surface area contributed by atoms with Gasteiger partial charge in [-0.05, 0) is 6.07 Å². The van der Waals surface area contributed by atoms with Crippen LogP contribution in [0.15, 0.2) is 11.4 Å². The van der Waals surface area contributed by atoms with E-state index in [-0.39, 0.29) is 11.8 Å². The van der Waals surface area contributed by atoms with Crippen LogP contribution >= 0.6 is 22.9 Å². The molecule has 13 heavy (non-hydrogen) atoms. The quantitative estimate of drug-likeness (QED) is 0.696. The lowest BCUT2D eigenvalue weighted by Crippen LogP contribution is -2.40. The zero-order chi connectivity index (χ0) is 9.84. The molecule has 1 aromatic heterocycles. The fraction of sp³-hybridized carbons (Fsp3) is 0.143.